The Morgan fingerprint density at radius 1 is 1.17 bits per heavy atom. The maximum Gasteiger partial charge on any atom is 0.0487 e. The second-order valence-corrected chi connectivity index (χ2v) is 10.3. The van der Waals surface area contributed by atoms with Gasteiger partial charge in [-0.2, -0.15) is 0 Å². The summed E-state index contributed by atoms with van der Waals surface area (Å²) in [4.78, 5) is 1.14. The second-order valence-electron chi connectivity index (χ2n) is 4.37. The van der Waals surface area contributed by atoms with Crippen LogP contribution in [-0.2, 0) is 6.04 Å². The molecule has 0 aliphatic heterocycles. The molecular weight excluding hydrogens is 180 g/mol. The van der Waals surface area contributed by atoms with Crippen molar-refractivity contribution >= 4 is 20.7 Å². The average molecular weight is 196 g/mol. The monoisotopic (exact) mass is 196 g/mol. The minimum Gasteiger partial charge on any atom is -0.143 e. The normalized spacial score (nSPS) is 11.7. The molecule has 0 spiro atoms. The van der Waals surface area contributed by atoms with Crippen molar-refractivity contribution in [2.75, 3.05) is 0 Å². The summed E-state index contributed by atoms with van der Waals surface area (Å²) in [7, 11) is -0.978. The van der Waals surface area contributed by atoms with Crippen LogP contribution < -0.4 is 0 Å². The van der Waals surface area contributed by atoms with Crippen LogP contribution in [0.4, 0.5) is 0 Å². The lowest BCUT2D eigenvalue weighted by Crippen LogP contribution is -2.24. The standard InChI is InChI=1S/C10H16SSi/c1-12(2,3)8-9-6-4-5-7-10(9)11/h4-7,11H,8H2,1-3H3. The van der Waals surface area contributed by atoms with E-state index >= 15 is 0 Å². The fraction of sp³-hybridized carbons (Fsp3) is 0.400. The lowest BCUT2D eigenvalue weighted by atomic mass is 10.2. The van der Waals surface area contributed by atoms with Gasteiger partial charge in [0.1, 0.15) is 0 Å². The SMILES string of the molecule is C[Si](C)(C)Cc1ccccc1S. The van der Waals surface area contributed by atoms with Gasteiger partial charge < -0.3 is 0 Å². The first-order valence-corrected chi connectivity index (χ1v) is 8.41. The molecule has 0 saturated carbocycles. The van der Waals surface area contributed by atoms with Crippen LogP contribution in [0, 0.1) is 0 Å². The molecule has 0 amide bonds. The van der Waals surface area contributed by atoms with Crippen molar-refractivity contribution in [3.63, 3.8) is 0 Å². The summed E-state index contributed by atoms with van der Waals surface area (Å²) in [6.45, 7) is 7.15. The van der Waals surface area contributed by atoms with Gasteiger partial charge in [0.15, 0.2) is 0 Å². The lowest BCUT2D eigenvalue weighted by molar-refractivity contribution is 1.22. The molecular formula is C10H16SSi. The Balaban J connectivity index is 2.83. The molecule has 0 N–H and O–H groups in total. The first-order valence-electron chi connectivity index (χ1n) is 4.26. The van der Waals surface area contributed by atoms with E-state index in [1.165, 1.54) is 11.6 Å². The maximum absolute atomic E-state index is 4.43. The number of rotatable bonds is 2. The first-order chi connectivity index (χ1) is 5.49. The largest absolute Gasteiger partial charge is 0.143 e. The third-order valence-corrected chi connectivity index (χ3v) is 3.59. The third kappa shape index (κ3) is 3.03. The Labute approximate surface area is 81.4 Å². The van der Waals surface area contributed by atoms with Gasteiger partial charge in [0.05, 0.1) is 0 Å². The minimum atomic E-state index is -0.978. The van der Waals surface area contributed by atoms with E-state index in [2.05, 4.69) is 50.5 Å². The van der Waals surface area contributed by atoms with E-state index in [9.17, 15) is 0 Å². The highest BCUT2D eigenvalue weighted by molar-refractivity contribution is 7.80. The highest BCUT2D eigenvalue weighted by atomic mass is 32.1. The molecule has 0 aliphatic rings. The van der Waals surface area contributed by atoms with E-state index < -0.39 is 8.07 Å². The van der Waals surface area contributed by atoms with Crippen LogP contribution in [0.15, 0.2) is 29.2 Å². The molecule has 66 valence electrons. The highest BCUT2D eigenvalue weighted by Gasteiger charge is 2.14. The molecule has 0 radical (unpaired) electrons. The summed E-state index contributed by atoms with van der Waals surface area (Å²) >= 11 is 4.43. The molecule has 0 unspecified atom stereocenters. The summed E-state index contributed by atoms with van der Waals surface area (Å²) in [6, 6.07) is 9.61. The predicted molar refractivity (Wildman–Crippen MR) is 60.7 cm³/mol. The molecule has 0 heterocycles. The summed E-state index contributed by atoms with van der Waals surface area (Å²) in [6.07, 6.45) is 0. The van der Waals surface area contributed by atoms with E-state index in [1.54, 1.807) is 0 Å². The Morgan fingerprint density at radius 2 is 1.75 bits per heavy atom. The zero-order valence-corrected chi connectivity index (χ0v) is 9.86. The van der Waals surface area contributed by atoms with Gasteiger partial charge in [-0.05, 0) is 17.7 Å². The van der Waals surface area contributed by atoms with Crippen molar-refractivity contribution in [3.8, 4) is 0 Å². The van der Waals surface area contributed by atoms with E-state index in [1.807, 2.05) is 6.07 Å². The molecule has 2 heteroatoms. The topological polar surface area (TPSA) is 0 Å². The van der Waals surface area contributed by atoms with E-state index in [0.717, 1.165) is 4.90 Å². The molecule has 0 saturated heterocycles. The summed E-state index contributed by atoms with van der Waals surface area (Å²) in [5, 5.41) is 0. The van der Waals surface area contributed by atoms with Gasteiger partial charge in [-0.3, -0.25) is 0 Å². The van der Waals surface area contributed by atoms with Crippen molar-refractivity contribution in [2.24, 2.45) is 0 Å². The molecule has 1 rings (SSSR count). The smallest absolute Gasteiger partial charge is 0.0487 e. The molecule has 0 fully saturated rings. The van der Waals surface area contributed by atoms with Gasteiger partial charge in [-0.25, -0.2) is 0 Å². The van der Waals surface area contributed by atoms with E-state index in [-0.39, 0.29) is 0 Å². The van der Waals surface area contributed by atoms with Crippen molar-refractivity contribution < 1.29 is 0 Å². The second kappa shape index (κ2) is 3.67. The predicted octanol–water partition coefficient (Wildman–Crippen LogP) is 3.40. The van der Waals surface area contributed by atoms with Gasteiger partial charge in [0, 0.05) is 13.0 Å². The number of hydrogen-bond acceptors (Lipinski definition) is 1. The number of hydrogen-bond donors (Lipinski definition) is 1. The van der Waals surface area contributed by atoms with Gasteiger partial charge in [-0.1, -0.05) is 37.8 Å². The number of benzene rings is 1. The van der Waals surface area contributed by atoms with Crippen molar-refractivity contribution in [2.45, 2.75) is 30.6 Å². The lowest BCUT2D eigenvalue weighted by Gasteiger charge is -2.16. The fourth-order valence-electron chi connectivity index (χ4n) is 1.23. The number of thiol groups is 1. The van der Waals surface area contributed by atoms with Crippen LogP contribution in [-0.4, -0.2) is 8.07 Å². The summed E-state index contributed by atoms with van der Waals surface area (Å²) < 4.78 is 0. The third-order valence-electron chi connectivity index (χ3n) is 1.71. The van der Waals surface area contributed by atoms with Crippen LogP contribution in [0.25, 0.3) is 0 Å². The van der Waals surface area contributed by atoms with Crippen LogP contribution in [0.5, 0.6) is 0 Å². The van der Waals surface area contributed by atoms with Crippen LogP contribution >= 0.6 is 12.6 Å². The Hall–Kier alpha value is -0.213. The van der Waals surface area contributed by atoms with E-state index in [0.29, 0.717) is 0 Å². The molecule has 1 aromatic carbocycles. The molecule has 0 aliphatic carbocycles. The summed E-state index contributed by atoms with van der Waals surface area (Å²) in [5.41, 5.74) is 1.40. The first kappa shape index (κ1) is 9.87. The van der Waals surface area contributed by atoms with Crippen LogP contribution in [0.3, 0.4) is 0 Å². The van der Waals surface area contributed by atoms with Crippen LogP contribution in [0.1, 0.15) is 5.56 Å². The quantitative estimate of drug-likeness (QED) is 0.544. The molecule has 0 bridgehead atoms. The molecule has 12 heavy (non-hydrogen) atoms. The highest BCUT2D eigenvalue weighted by Crippen LogP contribution is 2.18. The zero-order valence-electron chi connectivity index (χ0n) is 7.96. The summed E-state index contributed by atoms with van der Waals surface area (Å²) in [5.74, 6) is 0. The molecule has 0 nitrogen and oxygen atoms in total. The zero-order chi connectivity index (χ0) is 9.19. The Bertz CT molecular complexity index is 263. The molecule has 0 atom stereocenters. The van der Waals surface area contributed by atoms with Gasteiger partial charge in [0.25, 0.3) is 0 Å². The van der Waals surface area contributed by atoms with Crippen molar-refractivity contribution in [1.82, 2.24) is 0 Å². The van der Waals surface area contributed by atoms with Crippen molar-refractivity contribution in [3.05, 3.63) is 29.8 Å². The van der Waals surface area contributed by atoms with Gasteiger partial charge in [0.2, 0.25) is 0 Å². The Kier molecular flexibility index (Phi) is 3.02. The fourth-order valence-corrected chi connectivity index (χ4v) is 3.07. The van der Waals surface area contributed by atoms with Gasteiger partial charge >= 0.3 is 0 Å². The maximum atomic E-state index is 4.43. The Morgan fingerprint density at radius 3 is 2.25 bits per heavy atom. The average Bonchev–Trinajstić information content (AvgIpc) is 1.91. The van der Waals surface area contributed by atoms with E-state index in [4.69, 9.17) is 0 Å². The molecule has 0 aromatic heterocycles. The van der Waals surface area contributed by atoms with Crippen molar-refractivity contribution in [1.29, 1.82) is 0 Å². The van der Waals surface area contributed by atoms with Gasteiger partial charge in [-0.15, -0.1) is 12.6 Å². The minimum absolute atomic E-state index is 0.978. The molecule has 1 aromatic rings. The van der Waals surface area contributed by atoms with Crippen LogP contribution in [0.2, 0.25) is 19.6 Å².